The molecule has 0 aliphatic carbocycles. The highest BCUT2D eigenvalue weighted by atomic mass is 32.2. The number of aromatic nitrogens is 2. The average molecular weight is 355 g/mol. The summed E-state index contributed by atoms with van der Waals surface area (Å²) in [5.41, 5.74) is 0.554. The van der Waals surface area contributed by atoms with E-state index in [0.717, 1.165) is 25.0 Å². The lowest BCUT2D eigenvalue weighted by Crippen LogP contribution is -2.66. The van der Waals surface area contributed by atoms with Gasteiger partial charge in [-0.3, -0.25) is 4.98 Å². The predicted octanol–water partition coefficient (Wildman–Crippen LogP) is 1.38. The van der Waals surface area contributed by atoms with Crippen LogP contribution < -0.4 is 4.74 Å². The molecular weight excluding hydrogens is 330 g/mol. The molecule has 2 saturated heterocycles. The van der Waals surface area contributed by atoms with Gasteiger partial charge in [0.1, 0.15) is 0 Å². The van der Waals surface area contributed by atoms with Gasteiger partial charge in [-0.1, -0.05) is 0 Å². The highest BCUT2D eigenvalue weighted by Gasteiger charge is 2.50. The summed E-state index contributed by atoms with van der Waals surface area (Å²) in [4.78, 5) is 8.34. The third-order valence-electron chi connectivity index (χ3n) is 4.79. The molecule has 2 fully saturated rings. The van der Waals surface area contributed by atoms with E-state index in [4.69, 9.17) is 9.47 Å². The molecule has 8 heteroatoms. The molecule has 7 nitrogen and oxygen atoms in total. The second-order valence-electron chi connectivity index (χ2n) is 6.69. The monoisotopic (exact) mass is 355 g/mol. The van der Waals surface area contributed by atoms with E-state index < -0.39 is 10.0 Å². The molecule has 1 unspecified atom stereocenters. The van der Waals surface area contributed by atoms with Crippen LogP contribution in [0.1, 0.15) is 31.9 Å². The van der Waals surface area contributed by atoms with Crippen molar-refractivity contribution in [3.63, 3.8) is 0 Å². The van der Waals surface area contributed by atoms with Crippen molar-refractivity contribution in [1.29, 1.82) is 0 Å². The molecule has 0 radical (unpaired) electrons. The summed E-state index contributed by atoms with van der Waals surface area (Å²) in [6, 6.07) is 0. The number of hydrogen-bond acceptors (Lipinski definition) is 6. The van der Waals surface area contributed by atoms with Crippen molar-refractivity contribution < 1.29 is 17.9 Å². The molecule has 1 atom stereocenters. The summed E-state index contributed by atoms with van der Waals surface area (Å²) in [5, 5.41) is 0. The van der Waals surface area contributed by atoms with Gasteiger partial charge >= 0.3 is 0 Å². The van der Waals surface area contributed by atoms with E-state index in [1.54, 1.807) is 19.3 Å². The fraction of sp³-hybridized carbons (Fsp3) is 0.750. The molecule has 0 saturated carbocycles. The van der Waals surface area contributed by atoms with Crippen LogP contribution in [0.25, 0.3) is 0 Å². The first kappa shape index (κ1) is 17.6. The summed E-state index contributed by atoms with van der Waals surface area (Å²) in [6.45, 7) is 5.82. The Bertz CT molecular complexity index is 674. The van der Waals surface area contributed by atoms with Gasteiger partial charge in [0.25, 0.3) is 0 Å². The number of sulfonamides is 1. The second kappa shape index (κ2) is 6.93. The van der Waals surface area contributed by atoms with E-state index in [2.05, 4.69) is 9.97 Å². The topological polar surface area (TPSA) is 81.6 Å². The predicted molar refractivity (Wildman–Crippen MR) is 89.3 cm³/mol. The summed E-state index contributed by atoms with van der Waals surface area (Å²) >= 11 is 0. The summed E-state index contributed by atoms with van der Waals surface area (Å²) in [5.74, 6) is 1.20. The Hall–Kier alpha value is -1.25. The molecule has 0 amide bonds. The summed E-state index contributed by atoms with van der Waals surface area (Å²) in [6.07, 6.45) is 6.12. The Labute approximate surface area is 143 Å². The van der Waals surface area contributed by atoms with Crippen molar-refractivity contribution in [2.24, 2.45) is 5.92 Å². The Morgan fingerprint density at radius 3 is 2.92 bits per heavy atom. The molecular formula is C16H25N3O4S. The van der Waals surface area contributed by atoms with Gasteiger partial charge in [0, 0.05) is 25.9 Å². The maximum atomic E-state index is 11.9. The van der Waals surface area contributed by atoms with E-state index in [1.807, 2.05) is 6.92 Å². The summed E-state index contributed by atoms with van der Waals surface area (Å²) in [7, 11) is -3.10. The first-order valence-corrected chi connectivity index (χ1v) is 10.1. The van der Waals surface area contributed by atoms with E-state index in [0.29, 0.717) is 38.1 Å². The molecule has 2 aliphatic rings. The van der Waals surface area contributed by atoms with E-state index >= 15 is 0 Å². The molecule has 24 heavy (non-hydrogen) atoms. The van der Waals surface area contributed by atoms with Gasteiger partial charge in [0.15, 0.2) is 0 Å². The molecule has 0 bridgehead atoms. The van der Waals surface area contributed by atoms with E-state index in [9.17, 15) is 8.42 Å². The number of rotatable bonds is 6. The highest BCUT2D eigenvalue weighted by Crippen LogP contribution is 2.39. The number of ether oxygens (including phenoxy) is 2. The van der Waals surface area contributed by atoms with Crippen molar-refractivity contribution in [2.45, 2.75) is 38.7 Å². The molecule has 3 heterocycles. The number of hydrogen-bond donors (Lipinski definition) is 0. The van der Waals surface area contributed by atoms with Crippen LogP contribution in [0.2, 0.25) is 0 Å². The van der Waals surface area contributed by atoms with Crippen LogP contribution in [0.3, 0.4) is 0 Å². The van der Waals surface area contributed by atoms with Crippen LogP contribution in [0, 0.1) is 12.8 Å². The van der Waals surface area contributed by atoms with Crippen molar-refractivity contribution in [2.75, 3.05) is 32.1 Å². The third-order valence-corrected chi connectivity index (χ3v) is 6.57. The molecule has 1 spiro atoms. The number of aryl methyl sites for hydroxylation is 1. The van der Waals surface area contributed by atoms with Gasteiger partial charge in [0.2, 0.25) is 15.9 Å². The fourth-order valence-electron chi connectivity index (χ4n) is 3.41. The van der Waals surface area contributed by atoms with Gasteiger partial charge in [-0.15, -0.1) is 0 Å². The smallest absolute Gasteiger partial charge is 0.232 e. The Balaban J connectivity index is 1.47. The zero-order chi connectivity index (χ0) is 17.2. The van der Waals surface area contributed by atoms with Crippen molar-refractivity contribution in [3.8, 4) is 5.88 Å². The SMILES string of the molecule is CCS(=O)(=O)N1CC2(CC(CCOc3cncc(C)n3)CCO2)C1. The van der Waals surface area contributed by atoms with Gasteiger partial charge in [-0.2, -0.15) is 4.31 Å². The molecule has 134 valence electrons. The molecule has 0 N–H and O–H groups in total. The second-order valence-corrected chi connectivity index (χ2v) is 8.95. The molecule has 1 aromatic rings. The van der Waals surface area contributed by atoms with Gasteiger partial charge in [-0.25, -0.2) is 13.4 Å². The van der Waals surface area contributed by atoms with Crippen LogP contribution in [-0.4, -0.2) is 60.3 Å². The van der Waals surface area contributed by atoms with Crippen molar-refractivity contribution in [3.05, 3.63) is 18.1 Å². The minimum Gasteiger partial charge on any atom is -0.477 e. The van der Waals surface area contributed by atoms with Gasteiger partial charge in [-0.05, 0) is 39.0 Å². The fourth-order valence-corrected chi connectivity index (χ4v) is 4.64. The van der Waals surface area contributed by atoms with Crippen LogP contribution in [-0.2, 0) is 14.8 Å². The minimum absolute atomic E-state index is 0.151. The van der Waals surface area contributed by atoms with Crippen molar-refractivity contribution in [1.82, 2.24) is 14.3 Å². The van der Waals surface area contributed by atoms with Gasteiger partial charge < -0.3 is 9.47 Å². The largest absolute Gasteiger partial charge is 0.477 e. The lowest BCUT2D eigenvalue weighted by atomic mass is 9.80. The molecule has 2 aliphatic heterocycles. The highest BCUT2D eigenvalue weighted by molar-refractivity contribution is 7.89. The van der Waals surface area contributed by atoms with Crippen molar-refractivity contribution >= 4 is 10.0 Å². The van der Waals surface area contributed by atoms with Crippen LogP contribution in [0.15, 0.2) is 12.4 Å². The Morgan fingerprint density at radius 1 is 1.42 bits per heavy atom. The lowest BCUT2D eigenvalue weighted by Gasteiger charge is -2.52. The van der Waals surface area contributed by atoms with E-state index in [1.165, 1.54) is 4.31 Å². The molecule has 3 rings (SSSR count). The maximum Gasteiger partial charge on any atom is 0.232 e. The van der Waals surface area contributed by atoms with Gasteiger partial charge in [0.05, 0.1) is 29.9 Å². The first-order valence-electron chi connectivity index (χ1n) is 8.46. The van der Waals surface area contributed by atoms with E-state index in [-0.39, 0.29) is 11.4 Å². The maximum absolute atomic E-state index is 11.9. The Kier molecular flexibility index (Phi) is 5.08. The van der Waals surface area contributed by atoms with Crippen LogP contribution in [0.5, 0.6) is 5.88 Å². The standard InChI is InChI=1S/C16H25N3O4S/c1-3-24(20,21)19-11-16(12-19)8-14(5-7-23-16)4-6-22-15-10-17-9-13(2)18-15/h9-10,14H,3-8,11-12H2,1-2H3. The quantitative estimate of drug-likeness (QED) is 0.767. The summed E-state index contributed by atoms with van der Waals surface area (Å²) < 4.78 is 36.9. The zero-order valence-electron chi connectivity index (χ0n) is 14.3. The number of nitrogens with zero attached hydrogens (tertiary/aromatic N) is 3. The minimum atomic E-state index is -3.10. The molecule has 1 aromatic heterocycles. The Morgan fingerprint density at radius 2 is 2.21 bits per heavy atom. The lowest BCUT2D eigenvalue weighted by molar-refractivity contribution is -0.156. The zero-order valence-corrected chi connectivity index (χ0v) is 15.1. The average Bonchev–Trinajstić information content (AvgIpc) is 2.53. The first-order chi connectivity index (χ1) is 11.4. The normalized spacial score (nSPS) is 23.8. The molecule has 0 aromatic carbocycles. The van der Waals surface area contributed by atoms with Crippen LogP contribution in [0.4, 0.5) is 0 Å². The third kappa shape index (κ3) is 3.87. The van der Waals surface area contributed by atoms with Crippen LogP contribution >= 0.6 is 0 Å².